The van der Waals surface area contributed by atoms with Crippen LogP contribution in [0.5, 0.6) is 0 Å². The fourth-order valence-corrected chi connectivity index (χ4v) is 2.89. The van der Waals surface area contributed by atoms with Crippen molar-refractivity contribution in [2.24, 2.45) is 0 Å². The molecule has 4 heteroatoms. The molecule has 104 valence electrons. The van der Waals surface area contributed by atoms with E-state index in [4.69, 9.17) is 11.6 Å². The summed E-state index contributed by atoms with van der Waals surface area (Å²) in [6.45, 7) is 4.25. The molecule has 0 fully saturated rings. The second-order valence-electron chi connectivity index (χ2n) is 4.79. The van der Waals surface area contributed by atoms with Gasteiger partial charge in [-0.15, -0.1) is 11.3 Å². The van der Waals surface area contributed by atoms with Gasteiger partial charge in [0.25, 0.3) is 0 Å². The van der Waals surface area contributed by atoms with Gasteiger partial charge >= 0.3 is 5.97 Å². The van der Waals surface area contributed by atoms with Crippen LogP contribution in [0.25, 0.3) is 11.6 Å². The van der Waals surface area contributed by atoms with Crippen molar-refractivity contribution in [2.45, 2.75) is 19.8 Å². The Morgan fingerprint density at radius 2 is 1.85 bits per heavy atom. The van der Waals surface area contributed by atoms with Crippen LogP contribution in [0, 0.1) is 0 Å². The van der Waals surface area contributed by atoms with Gasteiger partial charge in [0.15, 0.2) is 0 Å². The van der Waals surface area contributed by atoms with Crippen molar-refractivity contribution in [1.29, 1.82) is 0 Å². The SMILES string of the molecule is CC(C)c1ccc(/C=C(\C(=O)O)c2ccc(Cl)s2)cc1. The second-order valence-corrected chi connectivity index (χ2v) is 6.50. The predicted octanol–water partition coefficient (Wildman–Crippen LogP) is 5.15. The number of thiophene rings is 1. The Morgan fingerprint density at radius 3 is 2.30 bits per heavy atom. The highest BCUT2D eigenvalue weighted by atomic mass is 35.5. The highest BCUT2D eigenvalue weighted by molar-refractivity contribution is 7.17. The number of carboxylic acid groups (broad SMARTS) is 1. The third kappa shape index (κ3) is 3.50. The van der Waals surface area contributed by atoms with Crippen LogP contribution in [-0.4, -0.2) is 11.1 Å². The largest absolute Gasteiger partial charge is 0.478 e. The van der Waals surface area contributed by atoms with Gasteiger partial charge in [0.1, 0.15) is 0 Å². The Labute approximate surface area is 127 Å². The van der Waals surface area contributed by atoms with Crippen LogP contribution in [0.15, 0.2) is 36.4 Å². The van der Waals surface area contributed by atoms with E-state index in [1.54, 1.807) is 18.2 Å². The summed E-state index contributed by atoms with van der Waals surface area (Å²) in [6, 6.07) is 11.4. The van der Waals surface area contributed by atoms with Crippen LogP contribution in [-0.2, 0) is 4.79 Å². The molecule has 2 rings (SSSR count). The Bertz CT molecular complexity index is 639. The van der Waals surface area contributed by atoms with E-state index in [2.05, 4.69) is 13.8 Å². The zero-order valence-electron chi connectivity index (χ0n) is 11.3. The standard InChI is InChI=1S/C16H15ClO2S/c1-10(2)12-5-3-11(4-6-12)9-13(16(18)19)14-7-8-15(17)20-14/h3-10H,1-2H3,(H,18,19)/b13-9-. The molecule has 20 heavy (non-hydrogen) atoms. The summed E-state index contributed by atoms with van der Waals surface area (Å²) in [5.41, 5.74) is 2.37. The lowest BCUT2D eigenvalue weighted by Crippen LogP contribution is -1.97. The van der Waals surface area contributed by atoms with Gasteiger partial charge in [0.2, 0.25) is 0 Å². The van der Waals surface area contributed by atoms with Gasteiger partial charge in [-0.1, -0.05) is 49.7 Å². The third-order valence-corrected chi connectivity index (χ3v) is 4.25. The van der Waals surface area contributed by atoms with Crippen LogP contribution >= 0.6 is 22.9 Å². The topological polar surface area (TPSA) is 37.3 Å². The van der Waals surface area contributed by atoms with E-state index < -0.39 is 5.97 Å². The maximum atomic E-state index is 11.4. The molecule has 0 unspecified atom stereocenters. The van der Waals surface area contributed by atoms with Crippen LogP contribution in [0.2, 0.25) is 4.34 Å². The molecule has 0 saturated heterocycles. The minimum absolute atomic E-state index is 0.263. The lowest BCUT2D eigenvalue weighted by atomic mass is 10.0. The molecule has 0 aliphatic carbocycles. The van der Waals surface area contributed by atoms with Crippen LogP contribution in [0.1, 0.15) is 35.8 Å². The Balaban J connectivity index is 2.36. The highest BCUT2D eigenvalue weighted by Crippen LogP contribution is 2.29. The first kappa shape index (κ1) is 14.8. The molecule has 0 aliphatic rings. The summed E-state index contributed by atoms with van der Waals surface area (Å²) in [7, 11) is 0. The Kier molecular flexibility index (Phi) is 4.63. The number of carboxylic acids is 1. The molecule has 1 aromatic heterocycles. The van der Waals surface area contributed by atoms with Gasteiger partial charge in [-0.05, 0) is 35.3 Å². The van der Waals surface area contributed by atoms with E-state index in [-0.39, 0.29) is 5.57 Å². The first-order chi connectivity index (χ1) is 9.47. The van der Waals surface area contributed by atoms with E-state index >= 15 is 0 Å². The van der Waals surface area contributed by atoms with Crippen LogP contribution in [0.3, 0.4) is 0 Å². The van der Waals surface area contributed by atoms with Gasteiger partial charge in [0.05, 0.1) is 9.91 Å². The summed E-state index contributed by atoms with van der Waals surface area (Å²) < 4.78 is 0.585. The van der Waals surface area contributed by atoms with Crippen molar-refractivity contribution in [3.63, 3.8) is 0 Å². The average molecular weight is 307 g/mol. The third-order valence-electron chi connectivity index (χ3n) is 2.98. The zero-order valence-corrected chi connectivity index (χ0v) is 12.8. The highest BCUT2D eigenvalue weighted by Gasteiger charge is 2.12. The first-order valence-corrected chi connectivity index (χ1v) is 7.47. The van der Waals surface area contributed by atoms with Gasteiger partial charge in [-0.25, -0.2) is 4.79 Å². The summed E-state index contributed by atoms with van der Waals surface area (Å²) >= 11 is 7.13. The Hall–Kier alpha value is -1.58. The van der Waals surface area contributed by atoms with Crippen LogP contribution < -0.4 is 0 Å². The molecule has 0 bridgehead atoms. The molecule has 0 radical (unpaired) electrons. The normalized spacial score (nSPS) is 11.9. The number of benzene rings is 1. The predicted molar refractivity (Wildman–Crippen MR) is 85.4 cm³/mol. The molecule has 1 aromatic carbocycles. The molecular formula is C16H15ClO2S. The molecular weight excluding hydrogens is 292 g/mol. The van der Waals surface area contributed by atoms with E-state index in [1.165, 1.54) is 16.9 Å². The van der Waals surface area contributed by atoms with Crippen molar-refractivity contribution in [3.05, 3.63) is 56.7 Å². The van der Waals surface area contributed by atoms with Crippen molar-refractivity contribution < 1.29 is 9.90 Å². The smallest absolute Gasteiger partial charge is 0.337 e. The van der Waals surface area contributed by atoms with Crippen molar-refractivity contribution >= 4 is 40.6 Å². The second kappa shape index (κ2) is 6.25. The lowest BCUT2D eigenvalue weighted by molar-refractivity contribution is -0.130. The maximum absolute atomic E-state index is 11.4. The monoisotopic (exact) mass is 306 g/mol. The van der Waals surface area contributed by atoms with Crippen molar-refractivity contribution in [2.75, 3.05) is 0 Å². The molecule has 0 atom stereocenters. The molecule has 1 heterocycles. The van der Waals surface area contributed by atoms with Crippen molar-refractivity contribution in [3.8, 4) is 0 Å². The molecule has 2 aromatic rings. The quantitative estimate of drug-likeness (QED) is 0.793. The number of hydrogen-bond acceptors (Lipinski definition) is 2. The average Bonchev–Trinajstić information content (AvgIpc) is 2.82. The minimum atomic E-state index is -0.948. The molecule has 2 nitrogen and oxygen atoms in total. The molecule has 0 aliphatic heterocycles. The number of aliphatic carboxylic acids is 1. The molecule has 1 N–H and O–H groups in total. The number of rotatable bonds is 4. The van der Waals surface area contributed by atoms with Gasteiger partial charge in [-0.3, -0.25) is 0 Å². The van der Waals surface area contributed by atoms with Gasteiger partial charge < -0.3 is 5.11 Å². The van der Waals surface area contributed by atoms with E-state index in [9.17, 15) is 9.90 Å². The molecule has 0 amide bonds. The van der Waals surface area contributed by atoms with E-state index in [0.717, 1.165) is 5.56 Å². The summed E-state index contributed by atoms with van der Waals surface area (Å²) in [5, 5.41) is 9.34. The van der Waals surface area contributed by atoms with E-state index in [1.807, 2.05) is 24.3 Å². The fraction of sp³-hybridized carbons (Fsp3) is 0.188. The number of carbonyl (C=O) groups is 1. The lowest BCUT2D eigenvalue weighted by Gasteiger charge is -2.05. The summed E-state index contributed by atoms with van der Waals surface area (Å²) in [5.74, 6) is -0.487. The minimum Gasteiger partial charge on any atom is -0.478 e. The number of halogens is 1. The zero-order chi connectivity index (χ0) is 14.7. The van der Waals surface area contributed by atoms with Crippen molar-refractivity contribution in [1.82, 2.24) is 0 Å². The Morgan fingerprint density at radius 1 is 1.20 bits per heavy atom. The fourth-order valence-electron chi connectivity index (χ4n) is 1.84. The van der Waals surface area contributed by atoms with E-state index in [0.29, 0.717) is 15.1 Å². The van der Waals surface area contributed by atoms with Gasteiger partial charge in [-0.2, -0.15) is 0 Å². The maximum Gasteiger partial charge on any atom is 0.337 e. The van der Waals surface area contributed by atoms with Gasteiger partial charge in [0, 0.05) is 4.88 Å². The molecule has 0 spiro atoms. The van der Waals surface area contributed by atoms with Crippen LogP contribution in [0.4, 0.5) is 0 Å². The summed E-state index contributed by atoms with van der Waals surface area (Å²) in [6.07, 6.45) is 1.68. The molecule has 0 saturated carbocycles. The number of hydrogen-bond donors (Lipinski definition) is 1. The first-order valence-electron chi connectivity index (χ1n) is 6.28. The summed E-state index contributed by atoms with van der Waals surface area (Å²) in [4.78, 5) is 12.0.